The fourth-order valence-corrected chi connectivity index (χ4v) is 1.46. The lowest BCUT2D eigenvalue weighted by atomic mass is 10.2. The van der Waals surface area contributed by atoms with Crippen molar-refractivity contribution in [1.82, 2.24) is 10.2 Å². The number of rotatable bonds is 1. The normalized spacial score (nSPS) is 9.92. The second-order valence-corrected chi connectivity index (χ2v) is 2.99. The van der Waals surface area contributed by atoms with Crippen LogP contribution in [0.2, 0.25) is 5.02 Å². The molecule has 0 radical (unpaired) electrons. The number of H-pyrrole nitrogens is 1. The molecule has 1 heterocycles. The number of hydrogen-bond acceptors (Lipinski definition) is 3. The summed E-state index contributed by atoms with van der Waals surface area (Å²) in [7, 11) is 0. The van der Waals surface area contributed by atoms with E-state index in [0.29, 0.717) is 10.7 Å². The number of fused-ring (bicyclic) bond motifs is 1. The van der Waals surface area contributed by atoms with Crippen molar-refractivity contribution in [2.24, 2.45) is 4.99 Å². The quantitative estimate of drug-likeness (QED) is 0.580. The van der Waals surface area contributed by atoms with E-state index in [1.54, 1.807) is 12.3 Å². The van der Waals surface area contributed by atoms with Crippen LogP contribution in [0.15, 0.2) is 23.3 Å². The smallest absolute Gasteiger partial charge is 0.0933 e. The van der Waals surface area contributed by atoms with Crippen molar-refractivity contribution < 1.29 is 0 Å². The molecule has 0 spiro atoms. The standard InChI is InChI=1S/C8H4ClN3S/c9-8-5-3-11-12-6(5)1-2-7(8)10-4-13/h1-3H,(H,11,12). The maximum absolute atomic E-state index is 6.02. The zero-order valence-corrected chi connectivity index (χ0v) is 7.99. The van der Waals surface area contributed by atoms with Gasteiger partial charge in [-0.05, 0) is 24.4 Å². The summed E-state index contributed by atoms with van der Waals surface area (Å²) >= 11 is 10.5. The summed E-state index contributed by atoms with van der Waals surface area (Å²) in [6.45, 7) is 0. The first-order chi connectivity index (χ1) is 6.33. The van der Waals surface area contributed by atoms with Gasteiger partial charge in [0.15, 0.2) is 0 Å². The molecule has 5 heteroatoms. The number of hydrogen-bond donors (Lipinski definition) is 1. The summed E-state index contributed by atoms with van der Waals surface area (Å²) in [6, 6.07) is 3.61. The van der Waals surface area contributed by atoms with Gasteiger partial charge >= 0.3 is 0 Å². The molecule has 0 fully saturated rings. The summed E-state index contributed by atoms with van der Waals surface area (Å²) in [5, 5.41) is 10.3. The lowest BCUT2D eigenvalue weighted by Crippen LogP contribution is -1.71. The highest BCUT2D eigenvalue weighted by Gasteiger charge is 2.04. The monoisotopic (exact) mass is 209 g/mol. The van der Waals surface area contributed by atoms with Crippen LogP contribution in [-0.4, -0.2) is 15.4 Å². The minimum atomic E-state index is 0.545. The van der Waals surface area contributed by atoms with Gasteiger partial charge in [0.25, 0.3) is 0 Å². The molecule has 0 aliphatic carbocycles. The molecule has 1 N–H and O–H groups in total. The van der Waals surface area contributed by atoms with Crippen molar-refractivity contribution in [3.8, 4) is 0 Å². The van der Waals surface area contributed by atoms with Crippen LogP contribution in [0.3, 0.4) is 0 Å². The predicted octanol–water partition coefficient (Wildman–Crippen LogP) is 2.95. The number of halogens is 1. The molecule has 1 aromatic carbocycles. The van der Waals surface area contributed by atoms with E-state index in [9.17, 15) is 0 Å². The first kappa shape index (κ1) is 8.38. The minimum absolute atomic E-state index is 0.545. The van der Waals surface area contributed by atoms with Crippen molar-refractivity contribution in [1.29, 1.82) is 0 Å². The van der Waals surface area contributed by atoms with E-state index in [4.69, 9.17) is 11.6 Å². The molecule has 0 amide bonds. The molecule has 2 rings (SSSR count). The lowest BCUT2D eigenvalue weighted by Gasteiger charge is -1.95. The third kappa shape index (κ3) is 1.35. The van der Waals surface area contributed by atoms with Gasteiger partial charge in [-0.1, -0.05) is 11.6 Å². The van der Waals surface area contributed by atoms with Gasteiger partial charge in [0.2, 0.25) is 0 Å². The first-order valence-electron chi connectivity index (χ1n) is 3.52. The van der Waals surface area contributed by atoms with E-state index in [1.165, 1.54) is 0 Å². The van der Waals surface area contributed by atoms with E-state index in [1.807, 2.05) is 6.07 Å². The molecular formula is C8H4ClN3S. The second-order valence-electron chi connectivity index (χ2n) is 2.43. The molecular weight excluding hydrogens is 206 g/mol. The maximum atomic E-state index is 6.02. The highest BCUT2D eigenvalue weighted by atomic mass is 35.5. The van der Waals surface area contributed by atoms with E-state index in [2.05, 4.69) is 32.6 Å². The SMILES string of the molecule is S=C=Nc1ccc2[nH]ncc2c1Cl. The van der Waals surface area contributed by atoms with Crippen molar-refractivity contribution in [2.75, 3.05) is 0 Å². The van der Waals surface area contributed by atoms with Crippen molar-refractivity contribution in [3.05, 3.63) is 23.4 Å². The summed E-state index contributed by atoms with van der Waals surface area (Å²) in [4.78, 5) is 3.83. The number of aromatic amines is 1. The largest absolute Gasteiger partial charge is 0.278 e. The van der Waals surface area contributed by atoms with Gasteiger partial charge in [-0.15, -0.1) is 0 Å². The Morgan fingerprint density at radius 3 is 3.15 bits per heavy atom. The molecule has 0 bridgehead atoms. The van der Waals surface area contributed by atoms with Crippen LogP contribution in [0.1, 0.15) is 0 Å². The second kappa shape index (κ2) is 3.26. The fraction of sp³-hybridized carbons (Fsp3) is 0. The average Bonchev–Trinajstić information content (AvgIpc) is 2.58. The van der Waals surface area contributed by atoms with Crippen LogP contribution >= 0.6 is 23.8 Å². The highest BCUT2D eigenvalue weighted by molar-refractivity contribution is 7.78. The molecule has 0 saturated heterocycles. The Kier molecular flexibility index (Phi) is 2.10. The van der Waals surface area contributed by atoms with Gasteiger partial charge in [-0.2, -0.15) is 10.1 Å². The molecule has 3 nitrogen and oxygen atoms in total. The molecule has 0 aliphatic rings. The summed E-state index contributed by atoms with van der Waals surface area (Å²) in [5.74, 6) is 0. The van der Waals surface area contributed by atoms with Gasteiger partial charge in [-0.25, -0.2) is 0 Å². The van der Waals surface area contributed by atoms with Crippen molar-refractivity contribution in [3.63, 3.8) is 0 Å². The molecule has 1 aromatic heterocycles. The zero-order chi connectivity index (χ0) is 9.26. The van der Waals surface area contributed by atoms with Crippen LogP contribution in [0.5, 0.6) is 0 Å². The van der Waals surface area contributed by atoms with Gasteiger partial charge in [0.05, 0.1) is 27.6 Å². The minimum Gasteiger partial charge on any atom is -0.278 e. The number of benzene rings is 1. The van der Waals surface area contributed by atoms with Gasteiger partial charge in [-0.3, -0.25) is 5.10 Å². The molecule has 13 heavy (non-hydrogen) atoms. The van der Waals surface area contributed by atoms with Crippen molar-refractivity contribution in [2.45, 2.75) is 0 Å². The summed E-state index contributed by atoms with van der Waals surface area (Å²) in [5.41, 5.74) is 1.50. The van der Waals surface area contributed by atoms with Gasteiger partial charge < -0.3 is 0 Å². The number of nitrogens with one attached hydrogen (secondary N) is 1. The molecule has 64 valence electrons. The Hall–Kier alpha value is -1.22. The average molecular weight is 210 g/mol. The first-order valence-corrected chi connectivity index (χ1v) is 4.31. The lowest BCUT2D eigenvalue weighted by molar-refractivity contribution is 1.12. The number of aromatic nitrogens is 2. The van der Waals surface area contributed by atoms with E-state index < -0.39 is 0 Å². The number of nitrogens with zero attached hydrogens (tertiary/aromatic N) is 2. The Morgan fingerprint density at radius 2 is 2.38 bits per heavy atom. The topological polar surface area (TPSA) is 41.0 Å². The number of thiocarbonyl (C=S) groups is 1. The van der Waals surface area contributed by atoms with Crippen LogP contribution < -0.4 is 0 Å². The Labute approximate surface area is 84.4 Å². The van der Waals surface area contributed by atoms with Crippen LogP contribution in [0.25, 0.3) is 10.9 Å². The van der Waals surface area contributed by atoms with E-state index in [0.717, 1.165) is 10.9 Å². The Balaban J connectivity index is 2.80. The fourth-order valence-electron chi connectivity index (χ4n) is 1.11. The van der Waals surface area contributed by atoms with E-state index in [-0.39, 0.29) is 0 Å². The number of aliphatic imine (C=N–C) groups is 1. The Morgan fingerprint density at radius 1 is 1.54 bits per heavy atom. The predicted molar refractivity (Wildman–Crippen MR) is 55.8 cm³/mol. The third-order valence-electron chi connectivity index (χ3n) is 1.70. The third-order valence-corrected chi connectivity index (χ3v) is 2.19. The zero-order valence-electron chi connectivity index (χ0n) is 6.41. The van der Waals surface area contributed by atoms with Crippen LogP contribution in [0.4, 0.5) is 5.69 Å². The highest BCUT2D eigenvalue weighted by Crippen LogP contribution is 2.31. The van der Waals surface area contributed by atoms with Crippen LogP contribution in [0, 0.1) is 0 Å². The molecule has 0 saturated carbocycles. The van der Waals surface area contributed by atoms with Crippen molar-refractivity contribution >= 4 is 45.6 Å². The summed E-state index contributed by atoms with van der Waals surface area (Å²) < 4.78 is 0. The van der Waals surface area contributed by atoms with E-state index >= 15 is 0 Å². The Bertz CT molecular complexity index is 499. The van der Waals surface area contributed by atoms with Gasteiger partial charge in [0, 0.05) is 5.39 Å². The maximum Gasteiger partial charge on any atom is 0.0933 e. The van der Waals surface area contributed by atoms with Crippen LogP contribution in [-0.2, 0) is 0 Å². The number of isothiocyanates is 1. The molecule has 2 aromatic rings. The molecule has 0 aliphatic heterocycles. The van der Waals surface area contributed by atoms with Gasteiger partial charge in [0.1, 0.15) is 0 Å². The molecule has 0 unspecified atom stereocenters. The summed E-state index contributed by atoms with van der Waals surface area (Å²) in [6.07, 6.45) is 1.65. The molecule has 0 atom stereocenters.